The fraction of sp³-hybridized carbons (Fsp3) is 0.267. The van der Waals surface area contributed by atoms with Crippen LogP contribution in [-0.2, 0) is 13.2 Å². The Kier molecular flexibility index (Phi) is 3.88. The third-order valence-corrected chi connectivity index (χ3v) is 3.68. The highest BCUT2D eigenvalue weighted by atomic mass is 79.9. The molecule has 2 aromatic heterocycles. The van der Waals surface area contributed by atoms with Gasteiger partial charge in [0.1, 0.15) is 18.7 Å². The van der Waals surface area contributed by atoms with Gasteiger partial charge in [0, 0.05) is 16.4 Å². The van der Waals surface area contributed by atoms with Crippen molar-refractivity contribution in [3.8, 4) is 5.75 Å². The number of nitrogens with zero attached hydrogens (tertiary/aromatic N) is 4. The summed E-state index contributed by atoms with van der Waals surface area (Å²) in [6.45, 7) is 5.11. The molecule has 0 aliphatic heterocycles. The number of halogens is 1. The Morgan fingerprint density at radius 3 is 2.90 bits per heavy atom. The number of ether oxygens (including phenoxy) is 1. The molecule has 5 nitrogen and oxygen atoms in total. The summed E-state index contributed by atoms with van der Waals surface area (Å²) in [5.74, 6) is 1.43. The highest BCUT2D eigenvalue weighted by Gasteiger charge is 2.07. The average Bonchev–Trinajstić information content (AvgIpc) is 2.93. The lowest BCUT2D eigenvalue weighted by molar-refractivity contribution is 0.292. The molecule has 3 rings (SSSR count). The summed E-state index contributed by atoms with van der Waals surface area (Å²) in [5, 5.41) is 5.34. The first-order chi connectivity index (χ1) is 10.2. The predicted octanol–water partition coefficient (Wildman–Crippen LogP) is 3.50. The number of aryl methyl sites for hydroxylation is 2. The number of rotatable bonds is 4. The van der Waals surface area contributed by atoms with E-state index < -0.39 is 0 Å². The van der Waals surface area contributed by atoms with Gasteiger partial charge < -0.3 is 4.74 Å². The van der Waals surface area contributed by atoms with Gasteiger partial charge in [-0.2, -0.15) is 5.10 Å². The normalized spacial score (nSPS) is 11.0. The summed E-state index contributed by atoms with van der Waals surface area (Å²) in [6.07, 6.45) is 1.71. The number of hydrogen-bond acceptors (Lipinski definition) is 4. The van der Waals surface area contributed by atoms with E-state index in [2.05, 4.69) is 31.0 Å². The molecule has 0 saturated heterocycles. The molecule has 0 aliphatic carbocycles. The van der Waals surface area contributed by atoms with Crippen molar-refractivity contribution >= 4 is 26.8 Å². The van der Waals surface area contributed by atoms with E-state index >= 15 is 0 Å². The molecule has 3 aromatic rings. The van der Waals surface area contributed by atoms with Crippen LogP contribution in [0.1, 0.15) is 18.4 Å². The first-order valence-corrected chi connectivity index (χ1v) is 7.53. The van der Waals surface area contributed by atoms with Crippen LogP contribution in [0.5, 0.6) is 5.75 Å². The zero-order valence-corrected chi connectivity index (χ0v) is 13.5. The molecule has 0 bridgehead atoms. The maximum absolute atomic E-state index is 5.81. The lowest BCUT2D eigenvalue weighted by atomic mass is 10.2. The van der Waals surface area contributed by atoms with E-state index in [0.29, 0.717) is 12.4 Å². The van der Waals surface area contributed by atoms with Crippen molar-refractivity contribution in [3.63, 3.8) is 0 Å². The van der Waals surface area contributed by atoms with Gasteiger partial charge in [-0.1, -0.05) is 15.9 Å². The van der Waals surface area contributed by atoms with Crippen molar-refractivity contribution in [1.82, 2.24) is 19.7 Å². The van der Waals surface area contributed by atoms with E-state index in [1.807, 2.05) is 38.1 Å². The van der Waals surface area contributed by atoms with E-state index in [1.54, 1.807) is 11.0 Å². The van der Waals surface area contributed by atoms with E-state index in [-0.39, 0.29) is 0 Å². The second-order valence-corrected chi connectivity index (χ2v) is 5.63. The van der Waals surface area contributed by atoms with Crippen LogP contribution in [0.15, 0.2) is 35.1 Å². The molecule has 0 saturated carbocycles. The summed E-state index contributed by atoms with van der Waals surface area (Å²) in [4.78, 5) is 8.77. The summed E-state index contributed by atoms with van der Waals surface area (Å²) < 4.78 is 8.61. The summed E-state index contributed by atoms with van der Waals surface area (Å²) in [6, 6.07) is 8.00. The Labute approximate surface area is 131 Å². The van der Waals surface area contributed by atoms with Crippen LogP contribution in [-0.4, -0.2) is 19.7 Å². The van der Waals surface area contributed by atoms with Gasteiger partial charge in [-0.05, 0) is 38.1 Å². The molecule has 0 unspecified atom stereocenters. The first-order valence-electron chi connectivity index (χ1n) is 6.73. The highest BCUT2D eigenvalue weighted by molar-refractivity contribution is 9.10. The molecule has 2 heterocycles. The molecule has 0 spiro atoms. The zero-order chi connectivity index (χ0) is 14.8. The molecule has 0 radical (unpaired) electrons. The van der Waals surface area contributed by atoms with E-state index in [9.17, 15) is 0 Å². The third kappa shape index (κ3) is 3.05. The van der Waals surface area contributed by atoms with Crippen LogP contribution in [0.25, 0.3) is 10.9 Å². The Morgan fingerprint density at radius 1 is 1.29 bits per heavy atom. The molecular formula is C15H15BrN4O. The SMILES string of the molecule is CCn1cnc(COc2cc3cc(Br)ccc3nc2C)n1. The number of pyridine rings is 1. The number of benzene rings is 1. The van der Waals surface area contributed by atoms with Gasteiger partial charge in [-0.3, -0.25) is 4.68 Å². The first kappa shape index (κ1) is 14.0. The molecule has 0 atom stereocenters. The Hall–Kier alpha value is -1.95. The van der Waals surface area contributed by atoms with E-state index in [4.69, 9.17) is 4.74 Å². The van der Waals surface area contributed by atoms with Gasteiger partial charge in [0.05, 0.1) is 11.2 Å². The lowest BCUT2D eigenvalue weighted by Crippen LogP contribution is -2.02. The predicted molar refractivity (Wildman–Crippen MR) is 84.2 cm³/mol. The largest absolute Gasteiger partial charge is 0.484 e. The van der Waals surface area contributed by atoms with Gasteiger partial charge in [0.15, 0.2) is 5.82 Å². The second-order valence-electron chi connectivity index (χ2n) is 4.71. The minimum absolute atomic E-state index is 0.342. The Balaban J connectivity index is 1.84. The summed E-state index contributed by atoms with van der Waals surface area (Å²) in [5.41, 5.74) is 1.82. The molecule has 108 valence electrons. The monoisotopic (exact) mass is 346 g/mol. The number of hydrogen-bond donors (Lipinski definition) is 0. The summed E-state index contributed by atoms with van der Waals surface area (Å²) in [7, 11) is 0. The van der Waals surface area contributed by atoms with Gasteiger partial charge in [-0.25, -0.2) is 9.97 Å². The second kappa shape index (κ2) is 5.81. The van der Waals surface area contributed by atoms with Crippen LogP contribution >= 0.6 is 15.9 Å². The van der Waals surface area contributed by atoms with Crippen molar-refractivity contribution in [2.24, 2.45) is 0 Å². The van der Waals surface area contributed by atoms with Crippen LogP contribution < -0.4 is 4.74 Å². The molecule has 0 aliphatic rings. The highest BCUT2D eigenvalue weighted by Crippen LogP contribution is 2.25. The molecule has 6 heteroatoms. The standard InChI is InChI=1S/C15H15BrN4O/c1-3-20-9-17-15(19-20)8-21-14-7-11-6-12(16)4-5-13(11)18-10(14)2/h4-7,9H,3,8H2,1-2H3. The third-order valence-electron chi connectivity index (χ3n) is 3.19. The number of fused-ring (bicyclic) bond motifs is 1. The number of aromatic nitrogens is 4. The maximum atomic E-state index is 5.81. The zero-order valence-electron chi connectivity index (χ0n) is 11.9. The van der Waals surface area contributed by atoms with Crippen LogP contribution in [0.4, 0.5) is 0 Å². The lowest BCUT2D eigenvalue weighted by Gasteiger charge is -2.08. The average molecular weight is 347 g/mol. The molecule has 0 amide bonds. The van der Waals surface area contributed by atoms with Gasteiger partial charge >= 0.3 is 0 Å². The van der Waals surface area contributed by atoms with Crippen LogP contribution in [0, 0.1) is 6.92 Å². The van der Waals surface area contributed by atoms with Crippen molar-refractivity contribution in [1.29, 1.82) is 0 Å². The Morgan fingerprint density at radius 2 is 2.14 bits per heavy atom. The van der Waals surface area contributed by atoms with E-state index in [1.165, 1.54) is 0 Å². The molecular weight excluding hydrogens is 332 g/mol. The maximum Gasteiger partial charge on any atom is 0.188 e. The molecule has 1 aromatic carbocycles. The van der Waals surface area contributed by atoms with Crippen molar-refractivity contribution in [2.45, 2.75) is 27.0 Å². The fourth-order valence-electron chi connectivity index (χ4n) is 2.06. The topological polar surface area (TPSA) is 52.8 Å². The minimum atomic E-state index is 0.342. The Bertz CT molecular complexity index is 784. The fourth-order valence-corrected chi connectivity index (χ4v) is 2.44. The van der Waals surface area contributed by atoms with Crippen molar-refractivity contribution < 1.29 is 4.74 Å². The quantitative estimate of drug-likeness (QED) is 0.725. The van der Waals surface area contributed by atoms with Crippen molar-refractivity contribution in [2.75, 3.05) is 0 Å². The minimum Gasteiger partial charge on any atom is -0.484 e. The molecule has 0 fully saturated rings. The molecule has 0 N–H and O–H groups in total. The van der Waals surface area contributed by atoms with Gasteiger partial charge in [-0.15, -0.1) is 0 Å². The van der Waals surface area contributed by atoms with Gasteiger partial charge in [0.2, 0.25) is 0 Å². The van der Waals surface area contributed by atoms with Gasteiger partial charge in [0.25, 0.3) is 0 Å². The summed E-state index contributed by atoms with van der Waals surface area (Å²) >= 11 is 3.47. The van der Waals surface area contributed by atoms with E-state index in [0.717, 1.165) is 33.4 Å². The molecule has 21 heavy (non-hydrogen) atoms. The van der Waals surface area contributed by atoms with Crippen LogP contribution in [0.2, 0.25) is 0 Å². The van der Waals surface area contributed by atoms with Crippen molar-refractivity contribution in [3.05, 3.63) is 46.6 Å². The van der Waals surface area contributed by atoms with Crippen LogP contribution in [0.3, 0.4) is 0 Å². The smallest absolute Gasteiger partial charge is 0.188 e.